The third-order valence-electron chi connectivity index (χ3n) is 2.66. The number of hydrogen-bond donors (Lipinski definition) is 1. The maximum atomic E-state index is 11.6. The Bertz CT molecular complexity index is 492. The molecule has 98 valence electrons. The van der Waals surface area contributed by atoms with Gasteiger partial charge in [-0.15, -0.1) is 0 Å². The van der Waals surface area contributed by atoms with Crippen LogP contribution in [-0.2, 0) is 4.74 Å². The number of rotatable bonds is 3. The van der Waals surface area contributed by atoms with Crippen LogP contribution in [0.5, 0.6) is 11.5 Å². The van der Waals surface area contributed by atoms with Gasteiger partial charge in [0.25, 0.3) is 0 Å². The first-order valence-corrected chi connectivity index (χ1v) is 5.62. The number of benzene rings is 1. The Hall–Kier alpha value is -1.82. The van der Waals surface area contributed by atoms with Crippen LogP contribution in [0, 0.1) is 0 Å². The average Bonchev–Trinajstić information content (AvgIpc) is 2.75. The number of anilines is 2. The summed E-state index contributed by atoms with van der Waals surface area (Å²) in [5, 5.41) is 0.311. The van der Waals surface area contributed by atoms with E-state index in [0.717, 1.165) is 0 Å². The highest BCUT2D eigenvalue weighted by atomic mass is 35.5. The molecule has 1 aromatic carbocycles. The van der Waals surface area contributed by atoms with Gasteiger partial charge < -0.3 is 19.9 Å². The zero-order chi connectivity index (χ0) is 13.3. The van der Waals surface area contributed by atoms with Gasteiger partial charge in [0.1, 0.15) is 12.3 Å². The fraction of sp³-hybridized carbons (Fsp3) is 0.364. The zero-order valence-electron chi connectivity index (χ0n) is 10.0. The summed E-state index contributed by atoms with van der Waals surface area (Å²) < 4.78 is 15.2. The van der Waals surface area contributed by atoms with Crippen LogP contribution in [-0.4, -0.2) is 33.5 Å². The van der Waals surface area contributed by atoms with E-state index < -0.39 is 6.09 Å². The number of ether oxygens (including phenoxy) is 3. The van der Waals surface area contributed by atoms with Gasteiger partial charge in [-0.25, -0.2) is 4.79 Å². The van der Waals surface area contributed by atoms with Crippen LogP contribution < -0.4 is 20.1 Å². The fourth-order valence-electron chi connectivity index (χ4n) is 1.86. The molecule has 2 N–H and O–H groups in total. The standard InChI is InChI=1S/C11H13ClN2O4/c1-16-9-6(12)5-7(10(17-2)8(9)13)14-3-4-18-11(14)15/h5H,3-4,13H2,1-2H3. The Morgan fingerprint density at radius 3 is 2.56 bits per heavy atom. The van der Waals surface area contributed by atoms with Crippen LogP contribution >= 0.6 is 11.6 Å². The zero-order valence-corrected chi connectivity index (χ0v) is 10.8. The van der Waals surface area contributed by atoms with Gasteiger partial charge in [-0.2, -0.15) is 0 Å². The minimum atomic E-state index is -0.450. The summed E-state index contributed by atoms with van der Waals surface area (Å²) in [6.07, 6.45) is -0.450. The van der Waals surface area contributed by atoms with Gasteiger partial charge >= 0.3 is 6.09 Å². The number of nitrogens with two attached hydrogens (primary N) is 1. The molecular formula is C11H13ClN2O4. The molecule has 1 fully saturated rings. The molecule has 0 saturated carbocycles. The minimum absolute atomic E-state index is 0.252. The number of nitrogens with zero attached hydrogens (tertiary/aromatic N) is 1. The van der Waals surface area contributed by atoms with E-state index in [-0.39, 0.29) is 5.69 Å². The second kappa shape index (κ2) is 4.81. The lowest BCUT2D eigenvalue weighted by atomic mass is 10.2. The number of carbonyl (C=O) groups excluding carboxylic acids is 1. The first-order valence-electron chi connectivity index (χ1n) is 5.24. The first-order chi connectivity index (χ1) is 8.60. The van der Waals surface area contributed by atoms with E-state index in [2.05, 4.69) is 0 Å². The Balaban J connectivity index is 2.56. The van der Waals surface area contributed by atoms with Crippen molar-refractivity contribution in [3.05, 3.63) is 11.1 Å². The summed E-state index contributed by atoms with van der Waals surface area (Å²) in [5.41, 5.74) is 6.63. The molecule has 6 nitrogen and oxygen atoms in total. The van der Waals surface area contributed by atoms with E-state index in [1.54, 1.807) is 6.07 Å². The first kappa shape index (κ1) is 12.6. The molecule has 1 amide bonds. The number of amides is 1. The van der Waals surface area contributed by atoms with Gasteiger partial charge in [0, 0.05) is 0 Å². The van der Waals surface area contributed by atoms with Crippen LogP contribution in [0.3, 0.4) is 0 Å². The molecule has 1 heterocycles. The maximum absolute atomic E-state index is 11.6. The monoisotopic (exact) mass is 272 g/mol. The van der Waals surface area contributed by atoms with E-state index in [1.165, 1.54) is 19.1 Å². The molecule has 7 heteroatoms. The number of hydrogen-bond acceptors (Lipinski definition) is 5. The van der Waals surface area contributed by atoms with Crippen molar-refractivity contribution in [2.24, 2.45) is 0 Å². The summed E-state index contributed by atoms with van der Waals surface area (Å²) >= 11 is 6.05. The predicted octanol–water partition coefficient (Wildman–Crippen LogP) is 1.90. The largest absolute Gasteiger partial charge is 0.493 e. The molecule has 1 aliphatic heterocycles. The lowest BCUT2D eigenvalue weighted by Gasteiger charge is -2.20. The molecule has 1 saturated heterocycles. The molecule has 2 rings (SSSR count). The molecular weight excluding hydrogens is 260 g/mol. The van der Waals surface area contributed by atoms with Gasteiger partial charge in [-0.05, 0) is 6.07 Å². The summed E-state index contributed by atoms with van der Waals surface area (Å²) in [5.74, 6) is 0.667. The normalized spacial score (nSPS) is 14.6. The number of halogens is 1. The van der Waals surface area contributed by atoms with Crippen molar-refractivity contribution in [2.75, 3.05) is 38.0 Å². The van der Waals surface area contributed by atoms with Crippen LogP contribution in [0.2, 0.25) is 5.02 Å². The van der Waals surface area contributed by atoms with Crippen molar-refractivity contribution in [1.29, 1.82) is 0 Å². The summed E-state index contributed by atoms with van der Waals surface area (Å²) in [4.78, 5) is 13.0. The second-order valence-electron chi connectivity index (χ2n) is 3.62. The summed E-state index contributed by atoms with van der Waals surface area (Å²) in [6.45, 7) is 0.753. The molecule has 0 radical (unpaired) electrons. The quantitative estimate of drug-likeness (QED) is 0.851. The molecule has 18 heavy (non-hydrogen) atoms. The topological polar surface area (TPSA) is 74.0 Å². The van der Waals surface area contributed by atoms with E-state index in [0.29, 0.717) is 35.4 Å². The lowest BCUT2D eigenvalue weighted by molar-refractivity contribution is 0.181. The van der Waals surface area contributed by atoms with Gasteiger partial charge in [0.2, 0.25) is 0 Å². The average molecular weight is 273 g/mol. The van der Waals surface area contributed by atoms with Crippen molar-refractivity contribution in [3.63, 3.8) is 0 Å². The van der Waals surface area contributed by atoms with E-state index in [4.69, 9.17) is 31.5 Å². The van der Waals surface area contributed by atoms with E-state index in [1.807, 2.05) is 0 Å². The number of methoxy groups -OCH3 is 2. The summed E-state index contributed by atoms with van der Waals surface area (Å²) in [6, 6.07) is 1.57. The Morgan fingerprint density at radius 1 is 1.39 bits per heavy atom. The highest BCUT2D eigenvalue weighted by molar-refractivity contribution is 6.33. The lowest BCUT2D eigenvalue weighted by Crippen LogP contribution is -2.24. The third kappa shape index (κ3) is 1.88. The molecule has 0 spiro atoms. The fourth-order valence-corrected chi connectivity index (χ4v) is 2.14. The SMILES string of the molecule is COc1c(Cl)cc(N2CCOC2=O)c(OC)c1N. The van der Waals surface area contributed by atoms with Gasteiger partial charge in [0.15, 0.2) is 11.5 Å². The minimum Gasteiger partial charge on any atom is -0.493 e. The van der Waals surface area contributed by atoms with Gasteiger partial charge in [0.05, 0.1) is 31.5 Å². The van der Waals surface area contributed by atoms with Crippen molar-refractivity contribution >= 4 is 29.1 Å². The Morgan fingerprint density at radius 2 is 2.06 bits per heavy atom. The molecule has 1 aliphatic rings. The maximum Gasteiger partial charge on any atom is 0.414 e. The number of nitrogen functional groups attached to an aromatic ring is 1. The smallest absolute Gasteiger partial charge is 0.414 e. The molecule has 0 aromatic heterocycles. The predicted molar refractivity (Wildman–Crippen MR) is 67.7 cm³/mol. The van der Waals surface area contributed by atoms with E-state index in [9.17, 15) is 4.79 Å². The second-order valence-corrected chi connectivity index (χ2v) is 4.03. The van der Waals surface area contributed by atoms with Gasteiger partial charge in [-0.3, -0.25) is 4.90 Å². The molecule has 0 unspecified atom stereocenters. The molecule has 0 bridgehead atoms. The molecule has 0 aliphatic carbocycles. The van der Waals surface area contributed by atoms with Crippen molar-refractivity contribution in [3.8, 4) is 11.5 Å². The highest BCUT2D eigenvalue weighted by Gasteiger charge is 2.29. The van der Waals surface area contributed by atoms with Crippen molar-refractivity contribution in [2.45, 2.75) is 0 Å². The van der Waals surface area contributed by atoms with Crippen LogP contribution in [0.1, 0.15) is 0 Å². The number of carbonyl (C=O) groups is 1. The third-order valence-corrected chi connectivity index (χ3v) is 2.94. The van der Waals surface area contributed by atoms with E-state index >= 15 is 0 Å². The van der Waals surface area contributed by atoms with Crippen LogP contribution in [0.15, 0.2) is 6.07 Å². The highest BCUT2D eigenvalue weighted by Crippen LogP contribution is 2.45. The van der Waals surface area contributed by atoms with Crippen molar-refractivity contribution < 1.29 is 19.0 Å². The van der Waals surface area contributed by atoms with Crippen LogP contribution in [0.4, 0.5) is 16.2 Å². The summed E-state index contributed by atoms with van der Waals surface area (Å²) in [7, 11) is 2.92. The Kier molecular flexibility index (Phi) is 3.38. The Labute approximate surface area is 109 Å². The van der Waals surface area contributed by atoms with Gasteiger partial charge in [-0.1, -0.05) is 11.6 Å². The van der Waals surface area contributed by atoms with Crippen molar-refractivity contribution in [1.82, 2.24) is 0 Å². The number of cyclic esters (lactones) is 1. The molecule has 0 atom stereocenters. The molecule has 1 aromatic rings. The van der Waals surface area contributed by atoms with Crippen LogP contribution in [0.25, 0.3) is 0 Å².